The molecule has 0 aliphatic carbocycles. The molecule has 1 rings (SSSR count). The molecule has 0 aromatic carbocycles. The summed E-state index contributed by atoms with van der Waals surface area (Å²) in [6.45, 7) is 7.70. The molecule has 20 heavy (non-hydrogen) atoms. The molecule has 0 aliphatic heterocycles. The van der Waals surface area contributed by atoms with Gasteiger partial charge in [-0.25, -0.2) is 9.78 Å². The van der Waals surface area contributed by atoms with Crippen LogP contribution in [0.4, 0.5) is 0 Å². The minimum absolute atomic E-state index is 0.136. The lowest BCUT2D eigenvalue weighted by atomic mass is 10.0. The summed E-state index contributed by atoms with van der Waals surface area (Å²) in [4.78, 5) is 27.2. The number of aryl methyl sites for hydroxylation is 1. The number of carboxylic acid groups (broad SMARTS) is 1. The van der Waals surface area contributed by atoms with Crippen LogP contribution >= 0.6 is 11.3 Å². The largest absolute Gasteiger partial charge is 0.480 e. The minimum Gasteiger partial charge on any atom is -0.480 e. The van der Waals surface area contributed by atoms with Gasteiger partial charge in [0.2, 0.25) is 5.91 Å². The summed E-state index contributed by atoms with van der Waals surface area (Å²) in [5, 5.41) is 14.6. The second kappa shape index (κ2) is 7.38. The van der Waals surface area contributed by atoms with E-state index in [2.05, 4.69) is 24.1 Å². The van der Waals surface area contributed by atoms with Gasteiger partial charge in [-0.05, 0) is 12.3 Å². The first-order valence-corrected chi connectivity index (χ1v) is 7.65. The normalized spacial score (nSPS) is 12.7. The lowest BCUT2D eigenvalue weighted by Gasteiger charge is -2.17. The van der Waals surface area contributed by atoms with Crippen LogP contribution in [0, 0.1) is 5.92 Å². The fourth-order valence-electron chi connectivity index (χ4n) is 1.70. The van der Waals surface area contributed by atoms with Crippen LogP contribution in [0.15, 0.2) is 5.38 Å². The van der Waals surface area contributed by atoms with Crippen LogP contribution in [-0.4, -0.2) is 28.0 Å². The molecule has 1 atom stereocenters. The van der Waals surface area contributed by atoms with Crippen molar-refractivity contribution in [1.82, 2.24) is 10.3 Å². The van der Waals surface area contributed by atoms with E-state index in [-0.39, 0.29) is 18.2 Å². The van der Waals surface area contributed by atoms with Gasteiger partial charge in [0.1, 0.15) is 6.04 Å². The molecule has 0 aliphatic rings. The molecule has 0 bridgehead atoms. The Balaban J connectivity index is 2.48. The highest BCUT2D eigenvalue weighted by molar-refractivity contribution is 7.09. The molecule has 1 heterocycles. The predicted molar refractivity (Wildman–Crippen MR) is 78.9 cm³/mol. The lowest BCUT2D eigenvalue weighted by molar-refractivity contribution is -0.143. The van der Waals surface area contributed by atoms with E-state index in [9.17, 15) is 9.59 Å². The molecule has 0 spiro atoms. The van der Waals surface area contributed by atoms with E-state index < -0.39 is 12.0 Å². The Labute approximate surface area is 123 Å². The van der Waals surface area contributed by atoms with Gasteiger partial charge >= 0.3 is 5.97 Å². The molecule has 0 fully saturated rings. The van der Waals surface area contributed by atoms with Gasteiger partial charge in [0.25, 0.3) is 0 Å². The van der Waals surface area contributed by atoms with Crippen molar-refractivity contribution in [2.45, 2.75) is 52.5 Å². The van der Waals surface area contributed by atoms with Crippen LogP contribution in [0.5, 0.6) is 0 Å². The van der Waals surface area contributed by atoms with Crippen molar-refractivity contribution in [3.63, 3.8) is 0 Å². The fraction of sp³-hybridized carbons (Fsp3) is 0.643. The van der Waals surface area contributed by atoms with Crippen molar-refractivity contribution in [2.75, 3.05) is 0 Å². The van der Waals surface area contributed by atoms with Crippen LogP contribution in [0.3, 0.4) is 0 Å². The van der Waals surface area contributed by atoms with Gasteiger partial charge in [-0.1, -0.05) is 27.7 Å². The van der Waals surface area contributed by atoms with Gasteiger partial charge in [0.05, 0.1) is 10.7 Å². The monoisotopic (exact) mass is 298 g/mol. The van der Waals surface area contributed by atoms with Gasteiger partial charge < -0.3 is 10.4 Å². The molecular formula is C14H22N2O3S. The standard InChI is InChI=1S/C14H22N2O3S/c1-8(2)12(14(18)19)16-11(17)6-5-10-7-20-13(15-10)9(3)4/h7-9,12H,5-6H2,1-4H3,(H,16,17)(H,18,19)/t12-/m0/s1. The third kappa shape index (κ3) is 4.92. The summed E-state index contributed by atoms with van der Waals surface area (Å²) < 4.78 is 0. The average Bonchev–Trinajstić information content (AvgIpc) is 2.81. The number of carboxylic acids is 1. The summed E-state index contributed by atoms with van der Waals surface area (Å²) in [7, 11) is 0. The molecule has 2 N–H and O–H groups in total. The average molecular weight is 298 g/mol. The zero-order valence-corrected chi connectivity index (χ0v) is 13.2. The highest BCUT2D eigenvalue weighted by Crippen LogP contribution is 2.19. The summed E-state index contributed by atoms with van der Waals surface area (Å²) in [6.07, 6.45) is 0.803. The summed E-state index contributed by atoms with van der Waals surface area (Å²) in [5.74, 6) is -0.988. The summed E-state index contributed by atoms with van der Waals surface area (Å²) >= 11 is 1.60. The Morgan fingerprint density at radius 1 is 1.35 bits per heavy atom. The molecule has 6 heteroatoms. The van der Waals surface area contributed by atoms with Gasteiger partial charge in [0, 0.05) is 17.7 Å². The molecule has 0 saturated carbocycles. The smallest absolute Gasteiger partial charge is 0.326 e. The molecule has 112 valence electrons. The number of aliphatic carboxylic acids is 1. The molecular weight excluding hydrogens is 276 g/mol. The quantitative estimate of drug-likeness (QED) is 0.810. The second-order valence-corrected chi connectivity index (χ2v) is 6.35. The number of hydrogen-bond donors (Lipinski definition) is 2. The number of carbonyl (C=O) groups excluding carboxylic acids is 1. The highest BCUT2D eigenvalue weighted by Gasteiger charge is 2.23. The van der Waals surface area contributed by atoms with E-state index in [0.29, 0.717) is 12.3 Å². The molecule has 5 nitrogen and oxygen atoms in total. The van der Waals surface area contributed by atoms with Crippen molar-refractivity contribution in [3.8, 4) is 0 Å². The van der Waals surface area contributed by atoms with Gasteiger partial charge in [-0.3, -0.25) is 4.79 Å². The predicted octanol–water partition coefficient (Wildman–Crippen LogP) is 2.42. The number of nitrogens with zero attached hydrogens (tertiary/aromatic N) is 1. The number of carbonyl (C=O) groups is 2. The van der Waals surface area contributed by atoms with E-state index in [1.807, 2.05) is 5.38 Å². The number of amides is 1. The van der Waals surface area contributed by atoms with E-state index in [1.54, 1.807) is 25.2 Å². The number of nitrogens with one attached hydrogen (secondary N) is 1. The molecule has 0 saturated heterocycles. The van der Waals surface area contributed by atoms with Crippen molar-refractivity contribution in [3.05, 3.63) is 16.1 Å². The third-order valence-corrected chi connectivity index (χ3v) is 4.11. The first-order valence-electron chi connectivity index (χ1n) is 6.77. The van der Waals surface area contributed by atoms with E-state index in [0.717, 1.165) is 10.7 Å². The minimum atomic E-state index is -0.996. The molecule has 0 radical (unpaired) electrons. The summed E-state index contributed by atoms with van der Waals surface area (Å²) in [6, 6.07) is -0.829. The van der Waals surface area contributed by atoms with Gasteiger partial charge in [-0.2, -0.15) is 0 Å². The second-order valence-electron chi connectivity index (χ2n) is 5.46. The van der Waals surface area contributed by atoms with Gasteiger partial charge in [0.15, 0.2) is 0 Å². The van der Waals surface area contributed by atoms with Crippen LogP contribution in [-0.2, 0) is 16.0 Å². The fourth-order valence-corrected chi connectivity index (χ4v) is 2.57. The molecule has 1 aromatic rings. The van der Waals surface area contributed by atoms with Crippen LogP contribution in [0.25, 0.3) is 0 Å². The Morgan fingerprint density at radius 3 is 2.45 bits per heavy atom. The first-order chi connectivity index (χ1) is 9.31. The maximum Gasteiger partial charge on any atom is 0.326 e. The lowest BCUT2D eigenvalue weighted by Crippen LogP contribution is -2.44. The Bertz CT molecular complexity index is 469. The Hall–Kier alpha value is -1.43. The number of rotatable bonds is 7. The van der Waals surface area contributed by atoms with E-state index in [4.69, 9.17) is 5.11 Å². The van der Waals surface area contributed by atoms with Crippen molar-refractivity contribution >= 4 is 23.2 Å². The Morgan fingerprint density at radius 2 is 2.00 bits per heavy atom. The SMILES string of the molecule is CC(C)c1nc(CCC(=O)N[C@H](C(=O)O)C(C)C)cs1. The number of hydrogen-bond acceptors (Lipinski definition) is 4. The maximum atomic E-state index is 11.8. The number of thiazole rings is 1. The van der Waals surface area contributed by atoms with Crippen molar-refractivity contribution in [2.24, 2.45) is 5.92 Å². The third-order valence-electron chi connectivity index (χ3n) is 2.92. The zero-order chi connectivity index (χ0) is 15.3. The topological polar surface area (TPSA) is 79.3 Å². The molecule has 1 amide bonds. The van der Waals surface area contributed by atoms with Crippen molar-refractivity contribution < 1.29 is 14.7 Å². The van der Waals surface area contributed by atoms with Crippen LogP contribution < -0.4 is 5.32 Å². The molecule has 0 unspecified atom stereocenters. The van der Waals surface area contributed by atoms with Gasteiger partial charge in [-0.15, -0.1) is 11.3 Å². The Kier molecular flexibility index (Phi) is 6.13. The zero-order valence-electron chi connectivity index (χ0n) is 12.3. The first kappa shape index (κ1) is 16.6. The summed E-state index contributed by atoms with van der Waals surface area (Å²) in [5.41, 5.74) is 0.894. The maximum absolute atomic E-state index is 11.8. The van der Waals surface area contributed by atoms with E-state index >= 15 is 0 Å². The highest BCUT2D eigenvalue weighted by atomic mass is 32.1. The van der Waals surface area contributed by atoms with Crippen LogP contribution in [0.2, 0.25) is 0 Å². The van der Waals surface area contributed by atoms with E-state index in [1.165, 1.54) is 0 Å². The van der Waals surface area contributed by atoms with Crippen molar-refractivity contribution in [1.29, 1.82) is 0 Å². The molecule has 1 aromatic heterocycles. The van der Waals surface area contributed by atoms with Crippen LogP contribution in [0.1, 0.15) is 50.7 Å². The number of aromatic nitrogens is 1.